The lowest BCUT2D eigenvalue weighted by Crippen LogP contribution is -2.24. The van der Waals surface area contributed by atoms with Crippen LogP contribution in [0, 0.1) is 0 Å². The molecule has 0 saturated carbocycles. The molecule has 1 nitrogen and oxygen atoms in total. The summed E-state index contributed by atoms with van der Waals surface area (Å²) in [4.78, 5) is 2.46. The molecule has 0 aromatic heterocycles. The monoisotopic (exact) mass is 319 g/mol. The fraction of sp³-hybridized carbons (Fsp3) is 0.625. The minimum atomic E-state index is -4.22. The summed E-state index contributed by atoms with van der Waals surface area (Å²) < 4.78 is 37.5. The van der Waals surface area contributed by atoms with Crippen molar-refractivity contribution in [2.45, 2.75) is 56.0 Å². The van der Waals surface area contributed by atoms with Crippen LogP contribution in [0.25, 0.3) is 0 Å². The van der Waals surface area contributed by atoms with Gasteiger partial charge in [0.2, 0.25) is 0 Å². The van der Waals surface area contributed by atoms with Gasteiger partial charge in [-0.25, -0.2) is 0 Å². The molecule has 0 fully saturated rings. The molecule has 120 valence electrons. The maximum Gasteiger partial charge on any atom is 0.446 e. The zero-order valence-electron chi connectivity index (χ0n) is 13.1. The first kappa shape index (κ1) is 18.4. The SMILES string of the molecule is CCc1cc(CCC[C@H](C)N(C)C)cc(SC(F)(F)F)c1. The van der Waals surface area contributed by atoms with Crippen molar-refractivity contribution in [3.63, 3.8) is 0 Å². The molecule has 0 bridgehead atoms. The number of aryl methyl sites for hydroxylation is 2. The lowest BCUT2D eigenvalue weighted by atomic mass is 10.0. The van der Waals surface area contributed by atoms with E-state index in [1.165, 1.54) is 0 Å². The summed E-state index contributed by atoms with van der Waals surface area (Å²) in [5, 5.41) is 0. The van der Waals surface area contributed by atoms with E-state index in [0.29, 0.717) is 10.9 Å². The third-order valence-corrected chi connectivity index (χ3v) is 4.34. The van der Waals surface area contributed by atoms with Crippen molar-refractivity contribution in [2.24, 2.45) is 0 Å². The van der Waals surface area contributed by atoms with Gasteiger partial charge < -0.3 is 4.90 Å². The number of thioether (sulfide) groups is 1. The molecule has 1 rings (SSSR count). The third-order valence-electron chi connectivity index (χ3n) is 3.64. The normalized spacial score (nSPS) is 13.7. The summed E-state index contributed by atoms with van der Waals surface area (Å²) in [6.07, 6.45) is 3.62. The van der Waals surface area contributed by atoms with Crippen molar-refractivity contribution < 1.29 is 13.2 Å². The summed E-state index contributed by atoms with van der Waals surface area (Å²) in [5.41, 5.74) is -2.24. The number of hydrogen-bond donors (Lipinski definition) is 0. The summed E-state index contributed by atoms with van der Waals surface area (Å²) >= 11 is -0.0191. The highest BCUT2D eigenvalue weighted by atomic mass is 32.2. The molecule has 1 aromatic rings. The topological polar surface area (TPSA) is 3.24 Å². The standard InChI is InChI=1S/C16H24F3NS/c1-5-13-9-14(8-6-7-12(2)20(3)4)11-15(10-13)21-16(17,18)19/h9-12H,5-8H2,1-4H3/t12-/m0/s1. The first-order chi connectivity index (χ1) is 9.71. The van der Waals surface area contributed by atoms with Crippen LogP contribution in [0.4, 0.5) is 13.2 Å². The van der Waals surface area contributed by atoms with E-state index >= 15 is 0 Å². The zero-order valence-corrected chi connectivity index (χ0v) is 13.9. The second-order valence-electron chi connectivity index (χ2n) is 5.59. The van der Waals surface area contributed by atoms with Crippen molar-refractivity contribution in [1.82, 2.24) is 4.90 Å². The Balaban J connectivity index is 2.71. The van der Waals surface area contributed by atoms with Gasteiger partial charge in [-0.3, -0.25) is 0 Å². The van der Waals surface area contributed by atoms with Crippen molar-refractivity contribution >= 4 is 11.8 Å². The molecule has 0 heterocycles. The molecule has 0 spiro atoms. The molecule has 0 radical (unpaired) electrons. The first-order valence-corrected chi connectivity index (χ1v) is 8.08. The van der Waals surface area contributed by atoms with Gasteiger partial charge in [0, 0.05) is 10.9 Å². The summed E-state index contributed by atoms with van der Waals surface area (Å²) in [6, 6.07) is 5.84. The molecule has 0 aliphatic heterocycles. The lowest BCUT2D eigenvalue weighted by Gasteiger charge is -2.19. The fourth-order valence-corrected chi connectivity index (χ4v) is 2.82. The molecule has 1 atom stereocenters. The van der Waals surface area contributed by atoms with E-state index in [1.54, 1.807) is 12.1 Å². The average Bonchev–Trinajstić information content (AvgIpc) is 2.36. The van der Waals surface area contributed by atoms with Gasteiger partial charge in [-0.05, 0) is 81.7 Å². The smallest absolute Gasteiger partial charge is 0.307 e. The number of hydrogen-bond acceptors (Lipinski definition) is 2. The Bertz CT molecular complexity index is 444. The van der Waals surface area contributed by atoms with Gasteiger partial charge >= 0.3 is 5.51 Å². The van der Waals surface area contributed by atoms with E-state index in [4.69, 9.17) is 0 Å². The van der Waals surface area contributed by atoms with Gasteiger partial charge in [-0.1, -0.05) is 13.0 Å². The predicted octanol–water partition coefficient (Wildman–Crippen LogP) is 5.13. The highest BCUT2D eigenvalue weighted by molar-refractivity contribution is 8.00. The van der Waals surface area contributed by atoms with Crippen LogP contribution in [0.1, 0.15) is 37.8 Å². The van der Waals surface area contributed by atoms with Crippen molar-refractivity contribution in [3.05, 3.63) is 29.3 Å². The molecule has 0 aliphatic rings. The van der Waals surface area contributed by atoms with E-state index in [1.807, 2.05) is 27.1 Å². The van der Waals surface area contributed by atoms with Crippen LogP contribution < -0.4 is 0 Å². The highest BCUT2D eigenvalue weighted by Crippen LogP contribution is 2.37. The Labute approximate surface area is 129 Å². The number of halogens is 3. The minimum absolute atomic E-state index is 0.0191. The number of nitrogens with zero attached hydrogens (tertiary/aromatic N) is 1. The highest BCUT2D eigenvalue weighted by Gasteiger charge is 2.29. The van der Waals surface area contributed by atoms with E-state index < -0.39 is 5.51 Å². The molecule has 0 saturated heterocycles. The van der Waals surface area contributed by atoms with Gasteiger partial charge in [0.15, 0.2) is 0 Å². The van der Waals surface area contributed by atoms with Gasteiger partial charge in [-0.15, -0.1) is 0 Å². The predicted molar refractivity (Wildman–Crippen MR) is 83.8 cm³/mol. The minimum Gasteiger partial charge on any atom is -0.307 e. The Hall–Kier alpha value is -0.680. The average molecular weight is 319 g/mol. The van der Waals surface area contributed by atoms with Gasteiger partial charge in [0.05, 0.1) is 0 Å². The number of rotatable bonds is 7. The Morgan fingerprint density at radius 3 is 2.29 bits per heavy atom. The van der Waals surface area contributed by atoms with Crippen molar-refractivity contribution in [1.29, 1.82) is 0 Å². The molecule has 0 aliphatic carbocycles. The number of benzene rings is 1. The molecule has 1 aromatic carbocycles. The maximum atomic E-state index is 12.5. The van der Waals surface area contributed by atoms with E-state index in [2.05, 4.69) is 11.8 Å². The Morgan fingerprint density at radius 1 is 1.14 bits per heavy atom. The second kappa shape index (κ2) is 8.08. The summed E-state index contributed by atoms with van der Waals surface area (Å²) in [7, 11) is 4.08. The first-order valence-electron chi connectivity index (χ1n) is 7.26. The van der Waals surface area contributed by atoms with E-state index in [0.717, 1.165) is 36.8 Å². The van der Waals surface area contributed by atoms with Crippen LogP contribution in [0.3, 0.4) is 0 Å². The molecular formula is C16H24F3NS. The largest absolute Gasteiger partial charge is 0.446 e. The third kappa shape index (κ3) is 7.23. The van der Waals surface area contributed by atoms with Crippen molar-refractivity contribution in [3.8, 4) is 0 Å². The molecule has 0 unspecified atom stereocenters. The lowest BCUT2D eigenvalue weighted by molar-refractivity contribution is -0.0328. The second-order valence-corrected chi connectivity index (χ2v) is 6.73. The van der Waals surface area contributed by atoms with Crippen LogP contribution in [-0.2, 0) is 12.8 Å². The molecule has 0 N–H and O–H groups in total. The van der Waals surface area contributed by atoms with Gasteiger partial charge in [-0.2, -0.15) is 13.2 Å². The maximum absolute atomic E-state index is 12.5. The zero-order chi connectivity index (χ0) is 16.0. The van der Waals surface area contributed by atoms with Gasteiger partial charge in [0.1, 0.15) is 0 Å². The van der Waals surface area contributed by atoms with Crippen molar-refractivity contribution in [2.75, 3.05) is 14.1 Å². The molecule has 0 amide bonds. The molecule has 5 heteroatoms. The van der Waals surface area contributed by atoms with E-state index in [-0.39, 0.29) is 11.8 Å². The molecular weight excluding hydrogens is 295 g/mol. The van der Waals surface area contributed by atoms with Crippen LogP contribution >= 0.6 is 11.8 Å². The van der Waals surface area contributed by atoms with Gasteiger partial charge in [0.25, 0.3) is 0 Å². The fourth-order valence-electron chi connectivity index (χ4n) is 2.13. The Morgan fingerprint density at radius 2 is 1.76 bits per heavy atom. The van der Waals surface area contributed by atoms with Crippen LogP contribution in [0.5, 0.6) is 0 Å². The van der Waals surface area contributed by atoms with Crippen LogP contribution in [0.15, 0.2) is 23.1 Å². The number of alkyl halides is 3. The summed E-state index contributed by atoms with van der Waals surface area (Å²) in [5.74, 6) is 0. The summed E-state index contributed by atoms with van der Waals surface area (Å²) in [6.45, 7) is 4.13. The Kier molecular flexibility index (Phi) is 7.07. The van der Waals surface area contributed by atoms with Crippen LogP contribution in [-0.4, -0.2) is 30.5 Å². The quantitative estimate of drug-likeness (QED) is 0.641. The van der Waals surface area contributed by atoms with Crippen LogP contribution in [0.2, 0.25) is 0 Å². The van der Waals surface area contributed by atoms with E-state index in [9.17, 15) is 13.2 Å². The molecule has 21 heavy (non-hydrogen) atoms.